The van der Waals surface area contributed by atoms with Gasteiger partial charge in [0.25, 0.3) is 0 Å². The molecular weight excluding hydrogens is 193 g/mol. The van der Waals surface area contributed by atoms with E-state index < -0.39 is 19.8 Å². The quantitative estimate of drug-likeness (QED) is 0.521. The van der Waals surface area contributed by atoms with Gasteiger partial charge in [-0.2, -0.15) is 0 Å². The summed E-state index contributed by atoms with van der Waals surface area (Å²) in [6.07, 6.45) is 1.06. The number of hydrogen-bond donors (Lipinski definition) is 2. The highest BCUT2D eigenvalue weighted by Gasteiger charge is 2.11. The lowest BCUT2D eigenvalue weighted by Crippen LogP contribution is -2.14. The molecule has 13 heavy (non-hydrogen) atoms. The highest BCUT2D eigenvalue weighted by molar-refractivity contribution is 7.32. The van der Waals surface area contributed by atoms with Crippen molar-refractivity contribution in [2.45, 2.75) is 26.4 Å². The zero-order valence-electron chi connectivity index (χ0n) is 8.03. The van der Waals surface area contributed by atoms with Crippen molar-refractivity contribution < 1.29 is 18.8 Å². The molecule has 1 unspecified atom stereocenters. The zero-order chi connectivity index (χ0) is 11.1. The molecule has 0 saturated carbocycles. The fraction of sp³-hybridized carbons (Fsp3) is 0.571. The Morgan fingerprint density at radius 2 is 1.92 bits per heavy atom. The lowest BCUT2D eigenvalue weighted by atomic mass is 10.2. The Hall–Kier alpha value is -0.640. The first-order valence-corrected chi connectivity index (χ1v) is 4.79. The average Bonchev–Trinajstić information content (AvgIpc) is 1.83. The van der Waals surface area contributed by atoms with Crippen LogP contribution in [0.3, 0.4) is 0 Å². The van der Waals surface area contributed by atoms with Gasteiger partial charge in [0.15, 0.2) is 0 Å². The number of primary amides is 1. The minimum atomic E-state index is -2.74. The normalized spacial score (nSPS) is 12.3. The first-order chi connectivity index (χ1) is 5.69. The van der Waals surface area contributed by atoms with E-state index in [-0.39, 0.29) is 0 Å². The number of amides is 1. The summed E-state index contributed by atoms with van der Waals surface area (Å²) in [4.78, 5) is 17.7. The van der Waals surface area contributed by atoms with E-state index in [2.05, 4.69) is 16.8 Å². The first kappa shape index (κ1) is 14.9. The lowest BCUT2D eigenvalue weighted by molar-refractivity contribution is -0.113. The van der Waals surface area contributed by atoms with Gasteiger partial charge in [0.2, 0.25) is 5.91 Å². The molecule has 0 radical (unpaired) electrons. The molecule has 0 aliphatic carbocycles. The topological polar surface area (TPSA) is 89.6 Å². The van der Waals surface area contributed by atoms with Crippen molar-refractivity contribution in [2.75, 3.05) is 0 Å². The highest BCUT2D eigenvalue weighted by atomic mass is 31.1. The van der Waals surface area contributed by atoms with Crippen molar-refractivity contribution in [1.29, 1.82) is 0 Å². The SMILES string of the molecule is C=CC(N)=O.CC(C)(C)O[PH](=O)O. The Balaban J connectivity index is 0. The van der Waals surface area contributed by atoms with Crippen molar-refractivity contribution in [3.05, 3.63) is 12.7 Å². The van der Waals surface area contributed by atoms with E-state index in [0.717, 1.165) is 6.08 Å². The van der Waals surface area contributed by atoms with Gasteiger partial charge in [-0.25, -0.2) is 0 Å². The van der Waals surface area contributed by atoms with Crippen LogP contribution in [0.5, 0.6) is 0 Å². The van der Waals surface area contributed by atoms with Gasteiger partial charge in [0, 0.05) is 0 Å². The van der Waals surface area contributed by atoms with Crippen molar-refractivity contribution in [2.24, 2.45) is 5.73 Å². The maximum absolute atomic E-state index is 9.98. The number of rotatable bonds is 2. The predicted octanol–water partition coefficient (Wildman–Crippen LogP) is 0.841. The van der Waals surface area contributed by atoms with Crippen LogP contribution in [0, 0.1) is 0 Å². The summed E-state index contributed by atoms with van der Waals surface area (Å²) in [5, 5.41) is 0. The smallest absolute Gasteiger partial charge is 0.317 e. The lowest BCUT2D eigenvalue weighted by Gasteiger charge is -2.15. The van der Waals surface area contributed by atoms with Gasteiger partial charge in [-0.1, -0.05) is 6.58 Å². The Labute approximate surface area is 78.5 Å². The third kappa shape index (κ3) is 24.6. The van der Waals surface area contributed by atoms with Crippen LogP contribution >= 0.6 is 8.25 Å². The molecule has 3 N–H and O–H groups in total. The third-order valence-electron chi connectivity index (χ3n) is 0.595. The molecule has 0 spiro atoms. The molecule has 0 fully saturated rings. The van der Waals surface area contributed by atoms with E-state index in [1.165, 1.54) is 0 Å². The van der Waals surface area contributed by atoms with Gasteiger partial charge >= 0.3 is 8.25 Å². The molecule has 0 aromatic carbocycles. The summed E-state index contributed by atoms with van der Waals surface area (Å²) in [7, 11) is -2.74. The molecule has 0 heterocycles. The summed E-state index contributed by atoms with van der Waals surface area (Å²) in [5.74, 6) is -0.481. The second-order valence-electron chi connectivity index (χ2n) is 3.09. The largest absolute Gasteiger partial charge is 0.366 e. The van der Waals surface area contributed by atoms with Crippen molar-refractivity contribution in [3.8, 4) is 0 Å². The van der Waals surface area contributed by atoms with Crippen LogP contribution in [0.25, 0.3) is 0 Å². The molecule has 0 rings (SSSR count). The van der Waals surface area contributed by atoms with Crippen molar-refractivity contribution in [1.82, 2.24) is 0 Å². The molecule has 5 nitrogen and oxygen atoms in total. The highest BCUT2D eigenvalue weighted by Crippen LogP contribution is 2.24. The van der Waals surface area contributed by atoms with Gasteiger partial charge < -0.3 is 15.2 Å². The molecule has 0 aromatic rings. The zero-order valence-corrected chi connectivity index (χ0v) is 9.03. The second-order valence-corrected chi connectivity index (χ2v) is 3.82. The number of carbonyl (C=O) groups excluding carboxylic acids is 1. The van der Waals surface area contributed by atoms with E-state index in [1.807, 2.05) is 0 Å². The van der Waals surface area contributed by atoms with Crippen LogP contribution in [-0.2, 0) is 13.9 Å². The minimum Gasteiger partial charge on any atom is -0.366 e. The summed E-state index contributed by atoms with van der Waals surface area (Å²) in [5.41, 5.74) is 4.04. The number of hydrogen-bond acceptors (Lipinski definition) is 3. The molecule has 0 saturated heterocycles. The molecule has 1 amide bonds. The minimum absolute atomic E-state index is 0.481. The molecule has 0 bridgehead atoms. The van der Waals surface area contributed by atoms with E-state index in [4.69, 9.17) is 4.89 Å². The summed E-state index contributed by atoms with van der Waals surface area (Å²) < 4.78 is 14.5. The molecule has 78 valence electrons. The van der Waals surface area contributed by atoms with E-state index in [9.17, 15) is 9.36 Å². The van der Waals surface area contributed by atoms with Crippen LogP contribution in [0.2, 0.25) is 0 Å². The van der Waals surface area contributed by atoms with Crippen LogP contribution in [0.4, 0.5) is 0 Å². The first-order valence-electron chi connectivity index (χ1n) is 3.53. The Bertz CT molecular complexity index is 197. The van der Waals surface area contributed by atoms with E-state index >= 15 is 0 Å². The predicted molar refractivity (Wildman–Crippen MR) is 51.4 cm³/mol. The molecule has 0 aliphatic heterocycles. The third-order valence-corrected chi connectivity index (χ3v) is 1.38. The second kappa shape index (κ2) is 6.83. The maximum Gasteiger partial charge on any atom is 0.317 e. The van der Waals surface area contributed by atoms with Gasteiger partial charge in [-0.3, -0.25) is 9.36 Å². The van der Waals surface area contributed by atoms with Gasteiger partial charge in [-0.15, -0.1) is 0 Å². The molecule has 1 atom stereocenters. The van der Waals surface area contributed by atoms with Crippen LogP contribution in [0.1, 0.15) is 20.8 Å². The maximum atomic E-state index is 9.98. The number of carbonyl (C=O) groups is 1. The fourth-order valence-corrected chi connectivity index (χ4v) is 0.786. The summed E-state index contributed by atoms with van der Waals surface area (Å²) in [6.45, 7) is 8.27. The Morgan fingerprint density at radius 3 is 1.92 bits per heavy atom. The Morgan fingerprint density at radius 1 is 1.62 bits per heavy atom. The van der Waals surface area contributed by atoms with Crippen LogP contribution in [-0.4, -0.2) is 16.4 Å². The molecule has 0 aromatic heterocycles. The summed E-state index contributed by atoms with van der Waals surface area (Å²) in [6, 6.07) is 0. The van der Waals surface area contributed by atoms with Crippen LogP contribution < -0.4 is 5.73 Å². The average molecular weight is 209 g/mol. The molecular formula is C7H16NO4P. The van der Waals surface area contributed by atoms with Gasteiger partial charge in [0.05, 0.1) is 5.60 Å². The van der Waals surface area contributed by atoms with Gasteiger partial charge in [-0.05, 0) is 26.8 Å². The van der Waals surface area contributed by atoms with Crippen LogP contribution in [0.15, 0.2) is 12.7 Å². The Kier molecular flexibility index (Phi) is 7.81. The van der Waals surface area contributed by atoms with Crippen molar-refractivity contribution >= 4 is 14.2 Å². The van der Waals surface area contributed by atoms with Gasteiger partial charge in [0.1, 0.15) is 0 Å². The fourth-order valence-electron chi connectivity index (χ4n) is 0.262. The van der Waals surface area contributed by atoms with Crippen molar-refractivity contribution in [3.63, 3.8) is 0 Å². The molecule has 0 aliphatic rings. The molecule has 6 heteroatoms. The number of nitrogens with two attached hydrogens (primary N) is 1. The summed E-state index contributed by atoms with van der Waals surface area (Å²) >= 11 is 0. The monoisotopic (exact) mass is 209 g/mol. The standard InChI is InChI=1S/C4H11O3P.C3H5NO/c1-4(2,3)7-8(5)6;1-2-3(4)5/h8H,1-3H3,(H,5,6);2H,1H2,(H2,4,5). The van der Waals surface area contributed by atoms with E-state index in [0.29, 0.717) is 0 Å². The van der Waals surface area contributed by atoms with E-state index in [1.54, 1.807) is 20.8 Å².